The first-order valence-electron chi connectivity index (χ1n) is 10.3. The molecule has 0 aliphatic rings. The molecule has 0 unspecified atom stereocenters. The first kappa shape index (κ1) is 21.2. The number of aromatic nitrogens is 2. The van der Waals surface area contributed by atoms with Crippen LogP contribution in [0.3, 0.4) is 0 Å². The number of benzene rings is 3. The Hall–Kier alpha value is -3.00. The molecule has 4 aromatic rings. The zero-order chi connectivity index (χ0) is 21.5. The molecular weight excluding hydrogens is 415 g/mol. The summed E-state index contributed by atoms with van der Waals surface area (Å²) >= 11 is 6.47. The first-order chi connectivity index (χ1) is 15.2. The van der Waals surface area contributed by atoms with E-state index in [1.807, 2.05) is 43.4 Å². The van der Waals surface area contributed by atoms with E-state index in [2.05, 4.69) is 89.6 Å². The van der Waals surface area contributed by atoms with Gasteiger partial charge in [-0.3, -0.25) is 0 Å². The van der Waals surface area contributed by atoms with Crippen molar-refractivity contribution in [1.82, 2.24) is 9.55 Å². The number of hydrogen-bond donors (Lipinski definition) is 0. The summed E-state index contributed by atoms with van der Waals surface area (Å²) in [5.41, 5.74) is 2.20. The molecule has 0 aliphatic heterocycles. The largest absolute Gasteiger partial charge is 0.326 e. The third-order valence-corrected chi connectivity index (χ3v) is 9.84. The van der Waals surface area contributed by atoms with Crippen LogP contribution in [0, 0.1) is 0 Å². The molecule has 0 saturated carbocycles. The van der Waals surface area contributed by atoms with Crippen LogP contribution in [-0.4, -0.2) is 9.55 Å². The quantitative estimate of drug-likeness (QED) is 0.288. The van der Waals surface area contributed by atoms with Crippen LogP contribution in [-0.2, 0) is 18.4 Å². The molecule has 0 bridgehead atoms. The number of rotatable bonds is 7. The molecule has 154 valence electrons. The fourth-order valence-electron chi connectivity index (χ4n) is 3.55. The highest BCUT2D eigenvalue weighted by atomic mass is 32.4. The molecule has 4 heteroatoms. The molecule has 0 saturated heterocycles. The summed E-state index contributed by atoms with van der Waals surface area (Å²) in [4.78, 5) is 5.09. The van der Waals surface area contributed by atoms with Gasteiger partial charge in [0.2, 0.25) is 0 Å². The number of imidazole rings is 1. The van der Waals surface area contributed by atoms with Gasteiger partial charge in [0.15, 0.2) is 0 Å². The third kappa shape index (κ3) is 4.69. The standard InChI is InChI=1S/C27H25N2PS/c1-2-3-7-20-26-28-27(22-29(26)21-23-14-8-4-9-15-23)30(31,24-16-10-5-11-17-24)25-18-12-6-13-19-25/h2-20,22H,21H2,1H3/b3-2-,20-7-. The maximum Gasteiger partial charge on any atom is 0.133 e. The predicted molar refractivity (Wildman–Crippen MR) is 138 cm³/mol. The van der Waals surface area contributed by atoms with Crippen LogP contribution in [0.1, 0.15) is 18.3 Å². The Morgan fingerprint density at radius 2 is 1.35 bits per heavy atom. The highest BCUT2D eigenvalue weighted by molar-refractivity contribution is 8.25. The first-order valence-corrected chi connectivity index (χ1v) is 13.1. The molecule has 0 spiro atoms. The highest BCUT2D eigenvalue weighted by Gasteiger charge is 2.28. The lowest BCUT2D eigenvalue weighted by Gasteiger charge is -2.21. The Balaban J connectivity index is 1.87. The van der Waals surface area contributed by atoms with Crippen molar-refractivity contribution in [3.8, 4) is 0 Å². The summed E-state index contributed by atoms with van der Waals surface area (Å²) in [5.74, 6) is 0.915. The van der Waals surface area contributed by atoms with Crippen molar-refractivity contribution in [2.24, 2.45) is 0 Å². The van der Waals surface area contributed by atoms with Gasteiger partial charge in [-0.25, -0.2) is 4.98 Å². The second kappa shape index (κ2) is 9.87. The summed E-state index contributed by atoms with van der Waals surface area (Å²) in [6.07, 6.45) is 10.3. The Kier molecular flexibility index (Phi) is 6.76. The van der Waals surface area contributed by atoms with Crippen molar-refractivity contribution in [3.63, 3.8) is 0 Å². The molecule has 0 amide bonds. The summed E-state index contributed by atoms with van der Waals surface area (Å²) < 4.78 is 2.21. The minimum atomic E-state index is -2.28. The van der Waals surface area contributed by atoms with Gasteiger partial charge < -0.3 is 4.57 Å². The second-order valence-electron chi connectivity index (χ2n) is 7.24. The molecule has 1 heterocycles. The summed E-state index contributed by atoms with van der Waals surface area (Å²) in [7, 11) is 0. The lowest BCUT2D eigenvalue weighted by molar-refractivity contribution is 0.787. The number of hydrogen-bond acceptors (Lipinski definition) is 2. The Morgan fingerprint density at radius 1 is 0.806 bits per heavy atom. The lowest BCUT2D eigenvalue weighted by atomic mass is 10.2. The van der Waals surface area contributed by atoms with E-state index >= 15 is 0 Å². The number of nitrogens with zero attached hydrogens (tertiary/aromatic N) is 2. The molecule has 0 fully saturated rings. The van der Waals surface area contributed by atoms with Crippen LogP contribution >= 0.6 is 6.04 Å². The molecule has 4 rings (SSSR count). The molecule has 3 aromatic carbocycles. The van der Waals surface area contributed by atoms with Gasteiger partial charge in [0.25, 0.3) is 0 Å². The highest BCUT2D eigenvalue weighted by Crippen LogP contribution is 2.42. The fraction of sp³-hybridized carbons (Fsp3) is 0.0741. The second-order valence-corrected chi connectivity index (χ2v) is 11.6. The van der Waals surface area contributed by atoms with Crippen molar-refractivity contribution in [2.75, 3.05) is 0 Å². The van der Waals surface area contributed by atoms with Gasteiger partial charge in [-0.05, 0) is 29.2 Å². The van der Waals surface area contributed by atoms with E-state index in [1.54, 1.807) is 0 Å². The minimum absolute atomic E-state index is 0.752. The van der Waals surface area contributed by atoms with E-state index in [-0.39, 0.29) is 0 Å². The summed E-state index contributed by atoms with van der Waals surface area (Å²) in [6, 6.07) is 29.1. The van der Waals surface area contributed by atoms with Crippen LogP contribution in [0.5, 0.6) is 0 Å². The topological polar surface area (TPSA) is 17.8 Å². The van der Waals surface area contributed by atoms with E-state index < -0.39 is 6.04 Å². The molecule has 31 heavy (non-hydrogen) atoms. The van der Waals surface area contributed by atoms with Crippen LogP contribution in [0.15, 0.2) is 115 Å². The van der Waals surface area contributed by atoms with Crippen molar-refractivity contribution < 1.29 is 0 Å². The molecule has 2 nitrogen and oxygen atoms in total. The van der Waals surface area contributed by atoms with Crippen molar-refractivity contribution in [3.05, 3.63) is 127 Å². The van der Waals surface area contributed by atoms with Crippen molar-refractivity contribution in [2.45, 2.75) is 13.5 Å². The van der Waals surface area contributed by atoms with Crippen molar-refractivity contribution in [1.29, 1.82) is 0 Å². The molecule has 0 radical (unpaired) electrons. The molecular formula is C27H25N2PS. The summed E-state index contributed by atoms with van der Waals surface area (Å²) in [6.45, 7) is 2.76. The van der Waals surface area contributed by atoms with Gasteiger partial charge in [0, 0.05) is 12.7 Å². The Morgan fingerprint density at radius 3 is 1.90 bits per heavy atom. The van der Waals surface area contributed by atoms with Crippen LogP contribution in [0.2, 0.25) is 0 Å². The average molecular weight is 441 g/mol. The van der Waals surface area contributed by atoms with Crippen molar-refractivity contribution >= 4 is 40.0 Å². The van der Waals surface area contributed by atoms with Crippen LogP contribution in [0.4, 0.5) is 0 Å². The van der Waals surface area contributed by atoms with Gasteiger partial charge in [0.05, 0.1) is 6.04 Å². The Labute approximate surface area is 189 Å². The minimum Gasteiger partial charge on any atom is -0.326 e. The maximum atomic E-state index is 6.47. The Bertz CT molecular complexity index is 1180. The molecule has 0 N–H and O–H groups in total. The van der Waals surface area contributed by atoms with Gasteiger partial charge in [-0.1, -0.05) is 121 Å². The molecule has 1 aromatic heterocycles. The van der Waals surface area contributed by atoms with E-state index in [9.17, 15) is 0 Å². The predicted octanol–water partition coefficient (Wildman–Crippen LogP) is 5.28. The van der Waals surface area contributed by atoms with Gasteiger partial charge in [0.1, 0.15) is 11.3 Å². The maximum absolute atomic E-state index is 6.47. The zero-order valence-electron chi connectivity index (χ0n) is 17.5. The van der Waals surface area contributed by atoms with Gasteiger partial charge in [-0.15, -0.1) is 0 Å². The number of allylic oxidation sites excluding steroid dienone is 3. The van der Waals surface area contributed by atoms with E-state index in [0.717, 1.165) is 28.4 Å². The summed E-state index contributed by atoms with van der Waals surface area (Å²) in [5, 5.41) is 2.31. The average Bonchev–Trinajstić information content (AvgIpc) is 3.23. The fourth-order valence-corrected chi connectivity index (χ4v) is 7.10. The third-order valence-electron chi connectivity index (χ3n) is 5.10. The van der Waals surface area contributed by atoms with Gasteiger partial charge in [-0.2, -0.15) is 0 Å². The SMILES string of the molecule is C/C=C\C=C/c1nc(P(=S)(c2ccccc2)c2ccccc2)cn1Cc1ccccc1. The smallest absolute Gasteiger partial charge is 0.133 e. The lowest BCUT2D eigenvalue weighted by Crippen LogP contribution is -2.25. The molecule has 0 aliphatic carbocycles. The zero-order valence-corrected chi connectivity index (χ0v) is 19.2. The van der Waals surface area contributed by atoms with E-state index in [1.165, 1.54) is 5.56 Å². The van der Waals surface area contributed by atoms with Crippen LogP contribution < -0.4 is 16.0 Å². The monoisotopic (exact) mass is 440 g/mol. The van der Waals surface area contributed by atoms with E-state index in [0.29, 0.717) is 0 Å². The molecule has 0 atom stereocenters. The normalized spacial score (nSPS) is 12.0. The van der Waals surface area contributed by atoms with Gasteiger partial charge >= 0.3 is 0 Å². The van der Waals surface area contributed by atoms with Crippen LogP contribution in [0.25, 0.3) is 6.08 Å². The van der Waals surface area contributed by atoms with E-state index in [4.69, 9.17) is 16.8 Å².